The number of nitrogens with two attached hydrogens (primary N) is 1. The highest BCUT2D eigenvalue weighted by Gasteiger charge is 2.40. The molecule has 0 spiro atoms. The molecule has 1 aliphatic carbocycles. The number of nitrogens with zero attached hydrogens (tertiary/aromatic N) is 1. The summed E-state index contributed by atoms with van der Waals surface area (Å²) >= 11 is 0. The molecule has 1 atom stereocenters. The summed E-state index contributed by atoms with van der Waals surface area (Å²) in [5.41, 5.74) is 6.46. The van der Waals surface area contributed by atoms with E-state index in [-0.39, 0.29) is 5.54 Å². The van der Waals surface area contributed by atoms with Crippen molar-refractivity contribution in [3.63, 3.8) is 0 Å². The second kappa shape index (κ2) is 3.82. The number of piperidine rings is 1. The molecule has 1 unspecified atom stereocenters. The summed E-state index contributed by atoms with van der Waals surface area (Å²) in [4.78, 5) is 2.69. The van der Waals surface area contributed by atoms with Crippen LogP contribution in [-0.4, -0.2) is 29.1 Å². The fourth-order valence-corrected chi connectivity index (χ4v) is 3.20. The molecule has 2 fully saturated rings. The van der Waals surface area contributed by atoms with E-state index in [1.807, 2.05) is 0 Å². The van der Waals surface area contributed by atoms with Gasteiger partial charge in [0.1, 0.15) is 0 Å². The van der Waals surface area contributed by atoms with Gasteiger partial charge in [0.15, 0.2) is 0 Å². The third kappa shape index (κ3) is 1.70. The molecule has 0 bridgehead atoms. The smallest absolute Gasteiger partial charge is 0.0307 e. The first-order valence-corrected chi connectivity index (χ1v) is 6.14. The van der Waals surface area contributed by atoms with Crippen LogP contribution >= 0.6 is 0 Å². The summed E-state index contributed by atoms with van der Waals surface area (Å²) < 4.78 is 0. The topological polar surface area (TPSA) is 29.3 Å². The summed E-state index contributed by atoms with van der Waals surface area (Å²) in [6.45, 7) is 5.93. The van der Waals surface area contributed by atoms with Crippen molar-refractivity contribution < 1.29 is 0 Å². The summed E-state index contributed by atoms with van der Waals surface area (Å²) in [7, 11) is 0. The average molecular weight is 196 g/mol. The van der Waals surface area contributed by atoms with Gasteiger partial charge in [-0.1, -0.05) is 12.8 Å². The molecule has 1 aliphatic heterocycles. The Morgan fingerprint density at radius 3 is 2.36 bits per heavy atom. The van der Waals surface area contributed by atoms with Gasteiger partial charge in [0.25, 0.3) is 0 Å². The SMILES string of the molecule is CC1(C)C(N)CCCN1C1CCCC1. The fourth-order valence-electron chi connectivity index (χ4n) is 3.20. The molecule has 0 amide bonds. The summed E-state index contributed by atoms with van der Waals surface area (Å²) in [6.07, 6.45) is 8.14. The Labute approximate surface area is 87.8 Å². The van der Waals surface area contributed by atoms with E-state index in [1.165, 1.54) is 45.1 Å². The van der Waals surface area contributed by atoms with Crippen LogP contribution < -0.4 is 5.73 Å². The predicted molar refractivity (Wildman–Crippen MR) is 60.3 cm³/mol. The molecular formula is C12H24N2. The number of hydrogen-bond donors (Lipinski definition) is 1. The highest BCUT2D eigenvalue weighted by molar-refractivity contribution is 4.98. The fraction of sp³-hybridized carbons (Fsp3) is 1.00. The molecule has 0 aromatic rings. The number of likely N-dealkylation sites (tertiary alicyclic amines) is 1. The van der Waals surface area contributed by atoms with E-state index in [0.717, 1.165) is 6.04 Å². The molecule has 2 nitrogen and oxygen atoms in total. The molecule has 2 heteroatoms. The van der Waals surface area contributed by atoms with Crippen molar-refractivity contribution in [2.45, 2.75) is 70.0 Å². The minimum Gasteiger partial charge on any atom is -0.326 e. The van der Waals surface area contributed by atoms with Gasteiger partial charge in [-0.25, -0.2) is 0 Å². The zero-order valence-corrected chi connectivity index (χ0v) is 9.63. The van der Waals surface area contributed by atoms with E-state index >= 15 is 0 Å². The first kappa shape index (κ1) is 10.4. The Kier molecular flexibility index (Phi) is 2.85. The van der Waals surface area contributed by atoms with E-state index in [4.69, 9.17) is 5.73 Å². The van der Waals surface area contributed by atoms with Gasteiger partial charge in [0.05, 0.1) is 0 Å². The van der Waals surface area contributed by atoms with Crippen LogP contribution in [0.5, 0.6) is 0 Å². The van der Waals surface area contributed by atoms with Crippen LogP contribution in [0, 0.1) is 0 Å². The quantitative estimate of drug-likeness (QED) is 0.696. The van der Waals surface area contributed by atoms with Crippen molar-refractivity contribution in [1.82, 2.24) is 4.90 Å². The molecule has 0 aromatic carbocycles. The van der Waals surface area contributed by atoms with Crippen LogP contribution in [0.25, 0.3) is 0 Å². The molecule has 2 N–H and O–H groups in total. The molecule has 1 saturated carbocycles. The van der Waals surface area contributed by atoms with Crippen LogP contribution in [0.1, 0.15) is 52.4 Å². The van der Waals surface area contributed by atoms with Crippen LogP contribution in [0.3, 0.4) is 0 Å². The van der Waals surface area contributed by atoms with Crippen molar-refractivity contribution in [1.29, 1.82) is 0 Å². The molecule has 1 heterocycles. The van der Waals surface area contributed by atoms with E-state index in [0.29, 0.717) is 6.04 Å². The Bertz CT molecular complexity index is 194. The van der Waals surface area contributed by atoms with Crippen molar-refractivity contribution in [2.24, 2.45) is 5.73 Å². The van der Waals surface area contributed by atoms with Gasteiger partial charge in [-0.2, -0.15) is 0 Å². The highest BCUT2D eigenvalue weighted by Crippen LogP contribution is 2.34. The molecule has 0 aromatic heterocycles. The van der Waals surface area contributed by atoms with Crippen molar-refractivity contribution in [3.05, 3.63) is 0 Å². The number of rotatable bonds is 1. The van der Waals surface area contributed by atoms with Crippen LogP contribution in [0.2, 0.25) is 0 Å². The molecule has 82 valence electrons. The molecule has 0 radical (unpaired) electrons. The zero-order valence-electron chi connectivity index (χ0n) is 9.63. The maximum Gasteiger partial charge on any atom is 0.0307 e. The third-order valence-electron chi connectivity index (χ3n) is 4.33. The van der Waals surface area contributed by atoms with Crippen molar-refractivity contribution >= 4 is 0 Å². The number of hydrogen-bond acceptors (Lipinski definition) is 2. The van der Waals surface area contributed by atoms with E-state index < -0.39 is 0 Å². The van der Waals surface area contributed by atoms with Gasteiger partial charge in [-0.05, 0) is 46.1 Å². The monoisotopic (exact) mass is 196 g/mol. The predicted octanol–water partition coefficient (Wildman–Crippen LogP) is 2.13. The molecular weight excluding hydrogens is 172 g/mol. The Balaban J connectivity index is 2.08. The molecule has 1 saturated heterocycles. The van der Waals surface area contributed by atoms with Crippen molar-refractivity contribution in [3.8, 4) is 0 Å². The maximum absolute atomic E-state index is 6.23. The van der Waals surface area contributed by atoms with Gasteiger partial charge in [-0.15, -0.1) is 0 Å². The minimum atomic E-state index is 0.229. The normalized spacial score (nSPS) is 34.9. The lowest BCUT2D eigenvalue weighted by Gasteiger charge is -2.49. The average Bonchev–Trinajstić information content (AvgIpc) is 2.62. The zero-order chi connectivity index (χ0) is 10.2. The molecule has 2 rings (SSSR count). The summed E-state index contributed by atoms with van der Waals surface area (Å²) in [5.74, 6) is 0. The Morgan fingerprint density at radius 1 is 1.07 bits per heavy atom. The van der Waals surface area contributed by atoms with Crippen molar-refractivity contribution in [2.75, 3.05) is 6.54 Å². The van der Waals surface area contributed by atoms with E-state index in [1.54, 1.807) is 0 Å². The largest absolute Gasteiger partial charge is 0.326 e. The summed E-state index contributed by atoms with van der Waals surface area (Å²) in [6, 6.07) is 1.20. The van der Waals surface area contributed by atoms with Gasteiger partial charge < -0.3 is 5.73 Å². The first-order chi connectivity index (χ1) is 6.62. The van der Waals surface area contributed by atoms with E-state index in [9.17, 15) is 0 Å². The standard InChI is InChI=1S/C12H24N2/c1-12(2)11(13)8-5-9-14(12)10-6-3-4-7-10/h10-11H,3-9,13H2,1-2H3. The molecule has 2 aliphatic rings. The van der Waals surface area contributed by atoms with Crippen LogP contribution in [0.15, 0.2) is 0 Å². The Morgan fingerprint density at radius 2 is 1.71 bits per heavy atom. The Hall–Kier alpha value is -0.0800. The molecule has 14 heavy (non-hydrogen) atoms. The van der Waals surface area contributed by atoms with Crippen LogP contribution in [-0.2, 0) is 0 Å². The van der Waals surface area contributed by atoms with Crippen LogP contribution in [0.4, 0.5) is 0 Å². The van der Waals surface area contributed by atoms with Gasteiger partial charge >= 0.3 is 0 Å². The van der Waals surface area contributed by atoms with Gasteiger partial charge in [0, 0.05) is 17.6 Å². The second-order valence-electron chi connectivity index (χ2n) is 5.53. The van der Waals surface area contributed by atoms with Gasteiger partial charge in [-0.3, -0.25) is 4.90 Å². The maximum atomic E-state index is 6.23. The lowest BCUT2D eigenvalue weighted by Crippen LogP contribution is -2.62. The second-order valence-corrected chi connectivity index (χ2v) is 5.53. The lowest BCUT2D eigenvalue weighted by atomic mass is 9.84. The van der Waals surface area contributed by atoms with E-state index in [2.05, 4.69) is 18.7 Å². The first-order valence-electron chi connectivity index (χ1n) is 6.14. The summed E-state index contributed by atoms with van der Waals surface area (Å²) in [5, 5.41) is 0. The minimum absolute atomic E-state index is 0.229. The lowest BCUT2D eigenvalue weighted by molar-refractivity contribution is 0.0196. The third-order valence-corrected chi connectivity index (χ3v) is 4.33. The highest BCUT2D eigenvalue weighted by atomic mass is 15.2. The van der Waals surface area contributed by atoms with Gasteiger partial charge in [0.2, 0.25) is 0 Å².